The fraction of sp³-hybridized carbons (Fsp3) is 0.471. The number of furan rings is 1. The van der Waals surface area contributed by atoms with Gasteiger partial charge in [-0.3, -0.25) is 9.59 Å². The molecule has 0 radical (unpaired) electrons. The molecule has 3 aromatic rings. The number of hydrogen-bond acceptors (Lipinski definition) is 6. The highest BCUT2D eigenvalue weighted by Gasteiger charge is 2.23. The number of methoxy groups -OCH3 is 3. The van der Waals surface area contributed by atoms with Crippen LogP contribution < -0.4 is 9.47 Å². The first kappa shape index (κ1) is 32.7. The molecule has 0 bridgehead atoms. The zero-order valence-electron chi connectivity index (χ0n) is 25.6. The second-order valence-corrected chi connectivity index (χ2v) is 10.4. The molecule has 2 amide bonds. The Hall–Kier alpha value is -3.78. The minimum absolute atomic E-state index is 0.0338. The molecule has 3 rings (SSSR count). The second-order valence-electron chi connectivity index (χ2n) is 10.4. The number of amides is 2. The average molecular weight is 579 g/mol. The third-order valence-electron chi connectivity index (χ3n) is 7.31. The molecular formula is C34H46N2O6. The molecule has 0 unspecified atom stereocenters. The number of nitrogens with zero attached hydrogens (tertiary/aromatic N) is 2. The van der Waals surface area contributed by atoms with Crippen LogP contribution in [-0.2, 0) is 28.9 Å². The summed E-state index contributed by atoms with van der Waals surface area (Å²) in [5, 5.41) is 0. The van der Waals surface area contributed by atoms with Crippen molar-refractivity contribution in [1.82, 2.24) is 9.80 Å². The predicted molar refractivity (Wildman–Crippen MR) is 164 cm³/mol. The lowest BCUT2D eigenvalue weighted by Gasteiger charge is -2.27. The quantitative estimate of drug-likeness (QED) is 0.158. The van der Waals surface area contributed by atoms with Crippen LogP contribution in [0.25, 0.3) is 0 Å². The fourth-order valence-electron chi connectivity index (χ4n) is 4.85. The van der Waals surface area contributed by atoms with Crippen LogP contribution in [0.4, 0.5) is 0 Å². The van der Waals surface area contributed by atoms with E-state index < -0.39 is 0 Å². The summed E-state index contributed by atoms with van der Waals surface area (Å²) in [5.74, 6) is 1.67. The highest BCUT2D eigenvalue weighted by Crippen LogP contribution is 2.28. The van der Waals surface area contributed by atoms with Crippen molar-refractivity contribution >= 4 is 11.8 Å². The van der Waals surface area contributed by atoms with E-state index in [0.717, 1.165) is 18.4 Å². The molecule has 0 fully saturated rings. The van der Waals surface area contributed by atoms with Crippen LogP contribution in [0.2, 0.25) is 0 Å². The maximum atomic E-state index is 13.7. The summed E-state index contributed by atoms with van der Waals surface area (Å²) < 4.78 is 21.6. The van der Waals surface area contributed by atoms with Crippen molar-refractivity contribution < 1.29 is 28.2 Å². The smallest absolute Gasteiger partial charge is 0.254 e. The number of carbonyl (C=O) groups is 2. The molecule has 2 aromatic carbocycles. The summed E-state index contributed by atoms with van der Waals surface area (Å²) in [4.78, 5) is 30.7. The van der Waals surface area contributed by atoms with Gasteiger partial charge in [-0.05, 0) is 73.2 Å². The van der Waals surface area contributed by atoms with Gasteiger partial charge in [-0.15, -0.1) is 0 Å². The summed E-state index contributed by atoms with van der Waals surface area (Å²) in [7, 11) is 4.84. The Morgan fingerprint density at radius 2 is 1.55 bits per heavy atom. The summed E-state index contributed by atoms with van der Waals surface area (Å²) in [5.41, 5.74) is 2.82. The summed E-state index contributed by atoms with van der Waals surface area (Å²) >= 11 is 0. The second kappa shape index (κ2) is 17.9. The van der Waals surface area contributed by atoms with E-state index in [1.54, 1.807) is 43.5 Å². The van der Waals surface area contributed by atoms with E-state index in [4.69, 9.17) is 18.6 Å². The van der Waals surface area contributed by atoms with Gasteiger partial charge in [0.2, 0.25) is 5.91 Å². The number of unbranched alkanes of at least 4 members (excludes halogenated alkanes) is 3. The highest BCUT2D eigenvalue weighted by molar-refractivity contribution is 5.96. The van der Waals surface area contributed by atoms with Crippen molar-refractivity contribution in [2.24, 2.45) is 0 Å². The lowest BCUT2D eigenvalue weighted by Crippen LogP contribution is -2.44. The minimum Gasteiger partial charge on any atom is -0.493 e. The van der Waals surface area contributed by atoms with E-state index in [1.165, 1.54) is 24.8 Å². The van der Waals surface area contributed by atoms with Crippen LogP contribution in [0.1, 0.15) is 66.3 Å². The molecule has 1 aromatic heterocycles. The number of carbonyl (C=O) groups excluding carboxylic acids is 2. The van der Waals surface area contributed by atoms with Gasteiger partial charge in [0.15, 0.2) is 11.5 Å². The topological polar surface area (TPSA) is 81.5 Å². The monoisotopic (exact) mass is 578 g/mol. The number of benzene rings is 2. The lowest BCUT2D eigenvalue weighted by molar-refractivity contribution is -0.132. The Morgan fingerprint density at radius 1 is 0.786 bits per heavy atom. The minimum atomic E-state index is -0.158. The standard InChI is InChI=1S/C34H46N2O6/c1-5-6-7-8-11-27-13-16-29(17-14-27)34(38)36(20-10-22-39-2)26-33(37)35(25-30-12-9-23-42-30)21-19-28-15-18-31(40-3)32(24-28)41-4/h9,12-18,23-24H,5-8,10-11,19-22,25-26H2,1-4H3. The zero-order valence-corrected chi connectivity index (χ0v) is 25.6. The Kier molecular flexibility index (Phi) is 14.0. The van der Waals surface area contributed by atoms with E-state index >= 15 is 0 Å². The Balaban J connectivity index is 1.72. The Labute approximate surface area is 250 Å². The SMILES string of the molecule is CCCCCCc1ccc(C(=O)N(CCCOC)CC(=O)N(CCc2ccc(OC)c(OC)c2)Cc2ccco2)cc1. The van der Waals surface area contributed by atoms with Crippen molar-refractivity contribution in [3.8, 4) is 11.5 Å². The van der Waals surface area contributed by atoms with E-state index in [2.05, 4.69) is 6.92 Å². The maximum Gasteiger partial charge on any atom is 0.254 e. The molecule has 0 aliphatic heterocycles. The summed E-state index contributed by atoms with van der Waals surface area (Å²) in [6.45, 7) is 3.85. The predicted octanol–water partition coefficient (Wildman–Crippen LogP) is 6.17. The van der Waals surface area contributed by atoms with Gasteiger partial charge in [0.1, 0.15) is 12.3 Å². The Bertz CT molecular complexity index is 1210. The van der Waals surface area contributed by atoms with Gasteiger partial charge < -0.3 is 28.4 Å². The highest BCUT2D eigenvalue weighted by atomic mass is 16.5. The van der Waals surface area contributed by atoms with E-state index in [9.17, 15) is 9.59 Å². The number of hydrogen-bond donors (Lipinski definition) is 0. The normalized spacial score (nSPS) is 10.9. The van der Waals surface area contributed by atoms with E-state index in [-0.39, 0.29) is 18.4 Å². The van der Waals surface area contributed by atoms with E-state index in [1.807, 2.05) is 48.5 Å². The van der Waals surface area contributed by atoms with E-state index in [0.29, 0.717) is 61.9 Å². The van der Waals surface area contributed by atoms with Gasteiger partial charge in [-0.25, -0.2) is 0 Å². The van der Waals surface area contributed by atoms with Gasteiger partial charge in [-0.1, -0.05) is 44.4 Å². The molecule has 0 aliphatic rings. The molecule has 8 nitrogen and oxygen atoms in total. The van der Waals surface area contributed by atoms with Crippen LogP contribution >= 0.6 is 0 Å². The van der Waals surface area contributed by atoms with Crippen LogP contribution in [0.5, 0.6) is 11.5 Å². The molecule has 0 saturated carbocycles. The number of ether oxygens (including phenoxy) is 3. The third kappa shape index (κ3) is 10.2. The molecule has 0 atom stereocenters. The number of aryl methyl sites for hydroxylation is 1. The van der Waals surface area contributed by atoms with Crippen molar-refractivity contribution in [2.75, 3.05) is 47.6 Å². The fourth-order valence-corrected chi connectivity index (χ4v) is 4.85. The molecule has 228 valence electrons. The van der Waals surface area contributed by atoms with Gasteiger partial charge in [0, 0.05) is 32.4 Å². The van der Waals surface area contributed by atoms with Crippen molar-refractivity contribution in [3.05, 3.63) is 83.3 Å². The van der Waals surface area contributed by atoms with Crippen molar-refractivity contribution in [3.63, 3.8) is 0 Å². The zero-order chi connectivity index (χ0) is 30.2. The molecule has 42 heavy (non-hydrogen) atoms. The van der Waals surface area contributed by atoms with Crippen LogP contribution in [0, 0.1) is 0 Å². The van der Waals surface area contributed by atoms with Crippen LogP contribution in [0.3, 0.4) is 0 Å². The lowest BCUT2D eigenvalue weighted by atomic mass is 10.0. The molecule has 0 spiro atoms. The maximum absolute atomic E-state index is 13.7. The first-order valence-electron chi connectivity index (χ1n) is 14.9. The Morgan fingerprint density at radius 3 is 2.21 bits per heavy atom. The van der Waals surface area contributed by atoms with Gasteiger partial charge >= 0.3 is 0 Å². The van der Waals surface area contributed by atoms with Gasteiger partial charge in [0.25, 0.3) is 5.91 Å². The first-order chi connectivity index (χ1) is 20.5. The van der Waals surface area contributed by atoms with Gasteiger partial charge in [0.05, 0.1) is 27.0 Å². The van der Waals surface area contributed by atoms with Crippen LogP contribution in [0.15, 0.2) is 65.3 Å². The van der Waals surface area contributed by atoms with Crippen molar-refractivity contribution in [1.29, 1.82) is 0 Å². The average Bonchev–Trinajstić information content (AvgIpc) is 3.54. The molecule has 0 N–H and O–H groups in total. The largest absolute Gasteiger partial charge is 0.493 e. The summed E-state index contributed by atoms with van der Waals surface area (Å²) in [6.07, 6.45) is 8.65. The summed E-state index contributed by atoms with van der Waals surface area (Å²) in [6, 6.07) is 17.2. The van der Waals surface area contributed by atoms with Gasteiger partial charge in [-0.2, -0.15) is 0 Å². The first-order valence-corrected chi connectivity index (χ1v) is 14.9. The molecule has 0 saturated heterocycles. The molecule has 1 heterocycles. The molecule has 8 heteroatoms. The number of rotatable bonds is 19. The molecule has 0 aliphatic carbocycles. The third-order valence-corrected chi connectivity index (χ3v) is 7.31. The molecular weight excluding hydrogens is 532 g/mol. The van der Waals surface area contributed by atoms with Crippen LogP contribution in [-0.4, -0.2) is 69.2 Å². The van der Waals surface area contributed by atoms with Crippen molar-refractivity contribution in [2.45, 2.75) is 58.4 Å².